The van der Waals surface area contributed by atoms with Crippen molar-refractivity contribution >= 4 is 24.5 Å². The molecule has 1 aromatic carbocycles. The van der Waals surface area contributed by atoms with E-state index in [2.05, 4.69) is 24.6 Å². The van der Waals surface area contributed by atoms with Gasteiger partial charge in [-0.15, -0.1) is 0 Å². The van der Waals surface area contributed by atoms with Gasteiger partial charge >= 0.3 is 7.82 Å². The number of morpholine rings is 1. The van der Waals surface area contributed by atoms with Gasteiger partial charge in [-0.2, -0.15) is 5.10 Å². The van der Waals surface area contributed by atoms with Gasteiger partial charge in [0, 0.05) is 38.0 Å². The van der Waals surface area contributed by atoms with E-state index in [1.54, 1.807) is 24.5 Å². The highest BCUT2D eigenvalue weighted by atomic mass is 31.2. The Morgan fingerprint density at radius 1 is 1.12 bits per heavy atom. The minimum absolute atomic E-state index is 0.234. The molecule has 0 aliphatic carbocycles. The molecule has 1 fully saturated rings. The van der Waals surface area contributed by atoms with Crippen LogP contribution in [-0.4, -0.2) is 58.5 Å². The highest BCUT2D eigenvalue weighted by Crippen LogP contribution is 2.43. The molecule has 11 heteroatoms. The van der Waals surface area contributed by atoms with Crippen molar-refractivity contribution in [2.75, 3.05) is 38.3 Å². The zero-order valence-electron chi connectivity index (χ0n) is 17.8. The first kappa shape index (κ1) is 21.5. The molecule has 0 amide bonds. The van der Waals surface area contributed by atoms with Crippen LogP contribution in [0.2, 0.25) is 0 Å². The van der Waals surface area contributed by atoms with Gasteiger partial charge in [-0.1, -0.05) is 12.1 Å². The van der Waals surface area contributed by atoms with Crippen LogP contribution in [-0.2, 0) is 13.8 Å². The number of aromatic amines is 1. The minimum Gasteiger partial charge on any atom is -0.404 e. The van der Waals surface area contributed by atoms with Crippen LogP contribution in [0.15, 0.2) is 54.9 Å². The monoisotopic (exact) mass is 467 g/mol. The Labute approximate surface area is 189 Å². The minimum atomic E-state index is -4.13. The number of pyridine rings is 2. The largest absolute Gasteiger partial charge is 0.527 e. The Hall–Kier alpha value is -3.30. The second-order valence-electron chi connectivity index (χ2n) is 7.42. The van der Waals surface area contributed by atoms with Crippen molar-refractivity contribution in [3.8, 4) is 28.3 Å². The van der Waals surface area contributed by atoms with Crippen molar-refractivity contribution in [3.05, 3.63) is 54.9 Å². The number of phosphoric ester groups is 1. The van der Waals surface area contributed by atoms with Gasteiger partial charge in [0.2, 0.25) is 0 Å². The maximum Gasteiger partial charge on any atom is 0.527 e. The summed E-state index contributed by atoms with van der Waals surface area (Å²) in [4.78, 5) is 21.3. The summed E-state index contributed by atoms with van der Waals surface area (Å²) in [5, 5.41) is 7.95. The molecular weight excluding hydrogens is 445 g/mol. The molecule has 1 aliphatic heterocycles. The topological polar surface area (TPSA) is 123 Å². The second kappa shape index (κ2) is 8.92. The lowest BCUT2D eigenvalue weighted by Gasteiger charge is -2.28. The standard InChI is InChI=1S/C22H22N5O5P/c1-30-33(28,29)32-16-4-2-15(3-5-16)18-14-20(27-10-12-31-13-11-27)25-21-17(18)6-8-23-22(21)19-7-9-24-26-19/h2-9,14H,10-13H2,1H3,(H,24,26)(H,28,29). The number of fused-ring (bicyclic) bond motifs is 1. The summed E-state index contributed by atoms with van der Waals surface area (Å²) in [7, 11) is -3.01. The van der Waals surface area contributed by atoms with Crippen LogP contribution in [0.5, 0.6) is 5.75 Å². The van der Waals surface area contributed by atoms with Gasteiger partial charge in [0.1, 0.15) is 22.8 Å². The molecule has 10 nitrogen and oxygen atoms in total. The number of aromatic nitrogens is 4. The summed E-state index contributed by atoms with van der Waals surface area (Å²) in [6.07, 6.45) is 3.43. The van der Waals surface area contributed by atoms with Gasteiger partial charge in [-0.3, -0.25) is 19.5 Å². The van der Waals surface area contributed by atoms with E-state index in [0.717, 1.165) is 53.7 Å². The lowest BCUT2D eigenvalue weighted by atomic mass is 10.00. The van der Waals surface area contributed by atoms with Gasteiger partial charge in [0.15, 0.2) is 0 Å². The third-order valence-corrected chi connectivity index (χ3v) is 6.32. The Morgan fingerprint density at radius 3 is 2.61 bits per heavy atom. The molecule has 0 bridgehead atoms. The van der Waals surface area contributed by atoms with Crippen molar-refractivity contribution in [1.29, 1.82) is 0 Å². The zero-order valence-corrected chi connectivity index (χ0v) is 18.7. The van der Waals surface area contributed by atoms with Gasteiger partial charge in [-0.05, 0) is 41.5 Å². The van der Waals surface area contributed by atoms with Crippen LogP contribution in [0.25, 0.3) is 33.4 Å². The van der Waals surface area contributed by atoms with Crippen LogP contribution in [0.4, 0.5) is 5.82 Å². The molecule has 3 aromatic heterocycles. The molecule has 0 spiro atoms. The van der Waals surface area contributed by atoms with Gasteiger partial charge in [0.25, 0.3) is 0 Å². The summed E-state index contributed by atoms with van der Waals surface area (Å²) < 4.78 is 26.8. The van der Waals surface area contributed by atoms with Crippen LogP contribution in [0.3, 0.4) is 0 Å². The molecule has 33 heavy (non-hydrogen) atoms. The average Bonchev–Trinajstić information content (AvgIpc) is 3.39. The molecule has 1 atom stereocenters. The number of anilines is 1. The summed E-state index contributed by atoms with van der Waals surface area (Å²) in [6, 6.07) is 12.8. The Kier molecular flexibility index (Phi) is 5.82. The number of benzene rings is 1. The second-order valence-corrected chi connectivity index (χ2v) is 8.91. The van der Waals surface area contributed by atoms with Crippen molar-refractivity contribution in [2.24, 2.45) is 0 Å². The van der Waals surface area contributed by atoms with E-state index in [0.29, 0.717) is 18.9 Å². The molecular formula is C22H22N5O5P. The number of nitrogens with one attached hydrogen (secondary N) is 1. The summed E-state index contributed by atoms with van der Waals surface area (Å²) in [5.74, 6) is 1.06. The fourth-order valence-electron chi connectivity index (χ4n) is 3.78. The number of H-pyrrole nitrogens is 1. The van der Waals surface area contributed by atoms with Crippen LogP contribution in [0.1, 0.15) is 0 Å². The fraction of sp³-hybridized carbons (Fsp3) is 0.227. The van der Waals surface area contributed by atoms with E-state index in [-0.39, 0.29) is 5.75 Å². The fourth-order valence-corrected chi connectivity index (χ4v) is 4.24. The average molecular weight is 467 g/mol. The number of nitrogens with zero attached hydrogens (tertiary/aromatic N) is 4. The molecule has 5 rings (SSSR count). The van der Waals surface area contributed by atoms with Crippen LogP contribution in [0, 0.1) is 0 Å². The molecule has 2 N–H and O–H groups in total. The van der Waals surface area contributed by atoms with E-state index in [4.69, 9.17) is 14.2 Å². The quantitative estimate of drug-likeness (QED) is 0.409. The number of rotatable bonds is 6. The number of hydrogen-bond donors (Lipinski definition) is 2. The van der Waals surface area contributed by atoms with Crippen molar-refractivity contribution in [3.63, 3.8) is 0 Å². The van der Waals surface area contributed by atoms with E-state index < -0.39 is 7.82 Å². The lowest BCUT2D eigenvalue weighted by molar-refractivity contribution is 0.122. The van der Waals surface area contributed by atoms with E-state index in [9.17, 15) is 9.46 Å². The molecule has 0 radical (unpaired) electrons. The maximum absolute atomic E-state index is 11.7. The van der Waals surface area contributed by atoms with Crippen molar-refractivity contribution < 1.29 is 23.2 Å². The summed E-state index contributed by atoms with van der Waals surface area (Å²) in [6.45, 7) is 2.77. The number of hydrogen-bond acceptors (Lipinski definition) is 8. The normalized spacial score (nSPS) is 16.0. The van der Waals surface area contributed by atoms with Crippen LogP contribution < -0.4 is 9.42 Å². The lowest BCUT2D eigenvalue weighted by Crippen LogP contribution is -2.36. The molecule has 170 valence electrons. The van der Waals surface area contributed by atoms with Crippen molar-refractivity contribution in [1.82, 2.24) is 20.2 Å². The molecule has 4 heterocycles. The Morgan fingerprint density at radius 2 is 1.91 bits per heavy atom. The molecule has 4 aromatic rings. The highest BCUT2D eigenvalue weighted by molar-refractivity contribution is 7.47. The number of phosphoric acid groups is 1. The van der Waals surface area contributed by atoms with Crippen molar-refractivity contribution in [2.45, 2.75) is 0 Å². The third-order valence-electron chi connectivity index (χ3n) is 5.42. The predicted molar refractivity (Wildman–Crippen MR) is 123 cm³/mol. The first-order valence-corrected chi connectivity index (χ1v) is 11.8. The maximum atomic E-state index is 11.7. The zero-order chi connectivity index (χ0) is 22.8. The smallest absolute Gasteiger partial charge is 0.404 e. The summed E-state index contributed by atoms with van der Waals surface area (Å²) in [5.41, 5.74) is 4.09. The van der Waals surface area contributed by atoms with E-state index >= 15 is 0 Å². The molecule has 1 aliphatic rings. The molecule has 0 saturated carbocycles. The number of ether oxygens (including phenoxy) is 1. The molecule has 1 saturated heterocycles. The SMILES string of the molecule is COP(=O)(O)Oc1ccc(-c2cc(N3CCOCC3)nc3c(-c4ccn[nH]4)nccc23)cc1. The van der Waals surface area contributed by atoms with E-state index in [1.165, 1.54) is 0 Å². The molecule has 1 unspecified atom stereocenters. The third kappa shape index (κ3) is 4.46. The van der Waals surface area contributed by atoms with Gasteiger partial charge in [-0.25, -0.2) is 9.55 Å². The first-order valence-electron chi connectivity index (χ1n) is 10.3. The van der Waals surface area contributed by atoms with Crippen LogP contribution >= 0.6 is 7.82 Å². The van der Waals surface area contributed by atoms with Gasteiger partial charge < -0.3 is 14.2 Å². The van der Waals surface area contributed by atoms with Gasteiger partial charge in [0.05, 0.1) is 18.9 Å². The summed E-state index contributed by atoms with van der Waals surface area (Å²) >= 11 is 0. The Balaban J connectivity index is 1.64. The predicted octanol–water partition coefficient (Wildman–Crippen LogP) is 3.65. The highest BCUT2D eigenvalue weighted by Gasteiger charge is 2.21. The Bertz CT molecular complexity index is 1310. The van der Waals surface area contributed by atoms with E-state index in [1.807, 2.05) is 30.3 Å². The first-order chi connectivity index (χ1) is 16.0.